The predicted octanol–water partition coefficient (Wildman–Crippen LogP) is 5.89. The molecule has 1 heterocycles. The van der Waals surface area contributed by atoms with Gasteiger partial charge in [0.25, 0.3) is 5.69 Å². The molecule has 1 saturated carbocycles. The van der Waals surface area contributed by atoms with Crippen LogP contribution in [0.15, 0.2) is 79.0 Å². The van der Waals surface area contributed by atoms with Crippen LogP contribution in [0.1, 0.15) is 54.8 Å². The van der Waals surface area contributed by atoms with Crippen LogP contribution in [0.5, 0.6) is 5.75 Å². The highest BCUT2D eigenvalue weighted by Crippen LogP contribution is 2.28. The molecular formula is C33H36N4O5. The Morgan fingerprint density at radius 3 is 2.55 bits per heavy atom. The summed E-state index contributed by atoms with van der Waals surface area (Å²) in [5.41, 5.74) is 3.21. The van der Waals surface area contributed by atoms with Crippen molar-refractivity contribution < 1.29 is 19.2 Å². The fraction of sp³-hybridized carbons (Fsp3) is 0.333. The van der Waals surface area contributed by atoms with Gasteiger partial charge in [0.15, 0.2) is 0 Å². The number of ether oxygens (including phenoxy) is 1. The van der Waals surface area contributed by atoms with Crippen LogP contribution < -0.4 is 10.1 Å². The number of carbonyl (C=O) groups is 2. The Morgan fingerprint density at radius 1 is 1.05 bits per heavy atom. The van der Waals surface area contributed by atoms with E-state index in [0.717, 1.165) is 54.1 Å². The van der Waals surface area contributed by atoms with E-state index in [2.05, 4.69) is 10.3 Å². The SMILES string of the molecule is COc1cccc(CCN(C(=O)Cc2c[nH]c3ccccc23)C(C(=O)NC2CCCCC2)c2ccc([N+](=O)[O-])cc2)c1. The number of para-hydroxylation sites is 1. The third-order valence-corrected chi connectivity index (χ3v) is 8.04. The van der Waals surface area contributed by atoms with Crippen LogP contribution in [-0.2, 0) is 22.4 Å². The van der Waals surface area contributed by atoms with Gasteiger partial charge >= 0.3 is 0 Å². The molecule has 0 radical (unpaired) electrons. The van der Waals surface area contributed by atoms with E-state index in [1.54, 1.807) is 24.1 Å². The zero-order chi connectivity index (χ0) is 29.5. The van der Waals surface area contributed by atoms with Crippen molar-refractivity contribution in [1.29, 1.82) is 0 Å². The zero-order valence-corrected chi connectivity index (χ0v) is 23.8. The Balaban J connectivity index is 1.50. The number of nitrogens with zero attached hydrogens (tertiary/aromatic N) is 2. The lowest BCUT2D eigenvalue weighted by molar-refractivity contribution is -0.384. The Bertz CT molecular complexity index is 1540. The van der Waals surface area contributed by atoms with E-state index in [4.69, 9.17) is 4.74 Å². The molecule has 1 fully saturated rings. The third-order valence-electron chi connectivity index (χ3n) is 8.04. The molecule has 42 heavy (non-hydrogen) atoms. The average molecular weight is 569 g/mol. The molecule has 3 aromatic carbocycles. The summed E-state index contributed by atoms with van der Waals surface area (Å²) in [5, 5.41) is 15.5. The van der Waals surface area contributed by atoms with Gasteiger partial charge in [-0.15, -0.1) is 0 Å². The van der Waals surface area contributed by atoms with E-state index in [-0.39, 0.29) is 36.5 Å². The molecule has 0 bridgehead atoms. The van der Waals surface area contributed by atoms with Crippen molar-refractivity contribution in [2.45, 2.75) is 57.0 Å². The van der Waals surface area contributed by atoms with Gasteiger partial charge in [-0.05, 0) is 66.3 Å². The lowest BCUT2D eigenvalue weighted by Crippen LogP contribution is -2.48. The molecule has 1 aliphatic rings. The van der Waals surface area contributed by atoms with E-state index >= 15 is 0 Å². The van der Waals surface area contributed by atoms with Crippen molar-refractivity contribution in [2.75, 3.05) is 13.7 Å². The molecule has 218 valence electrons. The number of nitrogens with one attached hydrogen (secondary N) is 2. The lowest BCUT2D eigenvalue weighted by Gasteiger charge is -2.33. The Hall–Kier alpha value is -4.66. The maximum absolute atomic E-state index is 14.2. The Kier molecular flexibility index (Phi) is 9.16. The second-order valence-corrected chi connectivity index (χ2v) is 10.8. The van der Waals surface area contributed by atoms with Crippen LogP contribution in [0.2, 0.25) is 0 Å². The molecule has 9 heteroatoms. The first kappa shape index (κ1) is 28.9. The zero-order valence-electron chi connectivity index (χ0n) is 23.8. The number of H-pyrrole nitrogens is 1. The van der Waals surface area contributed by atoms with E-state index < -0.39 is 11.0 Å². The number of aromatic amines is 1. The van der Waals surface area contributed by atoms with Crippen LogP contribution >= 0.6 is 0 Å². The largest absolute Gasteiger partial charge is 0.497 e. The first-order valence-corrected chi connectivity index (χ1v) is 14.4. The molecular weight excluding hydrogens is 532 g/mol. The predicted molar refractivity (Wildman–Crippen MR) is 161 cm³/mol. The minimum Gasteiger partial charge on any atom is -0.497 e. The van der Waals surface area contributed by atoms with Gasteiger partial charge in [0, 0.05) is 41.8 Å². The molecule has 2 N–H and O–H groups in total. The van der Waals surface area contributed by atoms with Crippen molar-refractivity contribution in [1.82, 2.24) is 15.2 Å². The summed E-state index contributed by atoms with van der Waals surface area (Å²) in [6, 6.07) is 20.5. The third kappa shape index (κ3) is 6.79. The fourth-order valence-corrected chi connectivity index (χ4v) is 5.80. The maximum Gasteiger partial charge on any atom is 0.269 e. The molecule has 1 atom stereocenters. The quantitative estimate of drug-likeness (QED) is 0.173. The van der Waals surface area contributed by atoms with Gasteiger partial charge in [-0.3, -0.25) is 19.7 Å². The van der Waals surface area contributed by atoms with E-state index in [9.17, 15) is 19.7 Å². The highest BCUT2D eigenvalue weighted by atomic mass is 16.6. The monoisotopic (exact) mass is 568 g/mol. The van der Waals surface area contributed by atoms with Crippen LogP contribution in [0.3, 0.4) is 0 Å². The number of fused-ring (bicyclic) bond motifs is 1. The van der Waals surface area contributed by atoms with Gasteiger partial charge < -0.3 is 19.9 Å². The Labute approximate surface area is 245 Å². The number of nitro groups is 1. The highest BCUT2D eigenvalue weighted by molar-refractivity contribution is 5.92. The van der Waals surface area contributed by atoms with Crippen LogP contribution in [0.25, 0.3) is 10.9 Å². The normalized spacial score (nSPS) is 14.3. The lowest BCUT2D eigenvalue weighted by atomic mass is 9.94. The number of rotatable bonds is 11. The molecule has 1 unspecified atom stereocenters. The summed E-state index contributed by atoms with van der Waals surface area (Å²) in [6.45, 7) is 0.272. The van der Waals surface area contributed by atoms with Crippen LogP contribution in [0.4, 0.5) is 5.69 Å². The first-order chi connectivity index (χ1) is 20.4. The molecule has 4 aromatic rings. The van der Waals surface area contributed by atoms with Gasteiger partial charge in [0.1, 0.15) is 11.8 Å². The van der Waals surface area contributed by atoms with Gasteiger partial charge in [0.2, 0.25) is 11.8 Å². The number of non-ortho nitro benzene ring substituents is 1. The number of hydrogen-bond donors (Lipinski definition) is 2. The molecule has 0 aliphatic heterocycles. The molecule has 1 aliphatic carbocycles. The molecule has 0 spiro atoms. The van der Waals surface area contributed by atoms with Gasteiger partial charge in [-0.2, -0.15) is 0 Å². The fourth-order valence-electron chi connectivity index (χ4n) is 5.80. The van der Waals surface area contributed by atoms with Gasteiger partial charge in [0.05, 0.1) is 18.5 Å². The molecule has 5 rings (SSSR count). The number of nitro benzene ring substituents is 1. The highest BCUT2D eigenvalue weighted by Gasteiger charge is 2.33. The summed E-state index contributed by atoms with van der Waals surface area (Å²) in [5.74, 6) is 0.240. The molecule has 1 aromatic heterocycles. The number of amides is 2. The number of methoxy groups -OCH3 is 1. The minimum absolute atomic E-state index is 0.0377. The van der Waals surface area contributed by atoms with E-state index in [1.807, 2.05) is 54.7 Å². The van der Waals surface area contributed by atoms with Crippen LogP contribution in [0, 0.1) is 10.1 Å². The number of aromatic nitrogens is 1. The van der Waals surface area contributed by atoms with E-state index in [0.29, 0.717) is 17.7 Å². The number of hydrogen-bond acceptors (Lipinski definition) is 5. The second-order valence-electron chi connectivity index (χ2n) is 10.8. The van der Waals surface area contributed by atoms with Crippen molar-refractivity contribution in [3.05, 3.63) is 106 Å². The summed E-state index contributed by atoms with van der Waals surface area (Å²) in [7, 11) is 1.61. The molecule has 0 saturated heterocycles. The second kappa shape index (κ2) is 13.3. The minimum atomic E-state index is -0.948. The summed E-state index contributed by atoms with van der Waals surface area (Å²) in [6.07, 6.45) is 7.47. The van der Waals surface area contributed by atoms with Crippen molar-refractivity contribution in [3.8, 4) is 5.75 Å². The number of carbonyl (C=O) groups excluding carboxylic acids is 2. The maximum atomic E-state index is 14.2. The van der Waals surface area contributed by atoms with Crippen LogP contribution in [-0.4, -0.2) is 46.3 Å². The average Bonchev–Trinajstić information content (AvgIpc) is 3.42. The molecule has 2 amide bonds. The van der Waals surface area contributed by atoms with E-state index in [1.165, 1.54) is 12.1 Å². The summed E-state index contributed by atoms with van der Waals surface area (Å²) >= 11 is 0. The standard InChI is InChI=1S/C33H36N4O5/c1-42-28-11-7-8-23(20-28)18-19-36(31(38)21-25-22-34-30-13-6-5-12-29(25)30)32(24-14-16-27(17-15-24)37(40)41)33(39)35-26-9-3-2-4-10-26/h5-8,11-17,20,22,26,32,34H,2-4,9-10,18-19,21H2,1H3,(H,35,39). The Morgan fingerprint density at radius 2 is 1.81 bits per heavy atom. The summed E-state index contributed by atoms with van der Waals surface area (Å²) in [4.78, 5) is 44.0. The molecule has 9 nitrogen and oxygen atoms in total. The van der Waals surface area contributed by atoms with Crippen molar-refractivity contribution in [2.24, 2.45) is 0 Å². The van der Waals surface area contributed by atoms with Gasteiger partial charge in [-0.25, -0.2) is 0 Å². The topological polar surface area (TPSA) is 118 Å². The van der Waals surface area contributed by atoms with Crippen molar-refractivity contribution >= 4 is 28.4 Å². The van der Waals surface area contributed by atoms with Crippen molar-refractivity contribution in [3.63, 3.8) is 0 Å². The van der Waals surface area contributed by atoms with Gasteiger partial charge in [-0.1, -0.05) is 49.6 Å². The number of benzene rings is 3. The smallest absolute Gasteiger partial charge is 0.269 e. The summed E-state index contributed by atoms with van der Waals surface area (Å²) < 4.78 is 5.39. The first-order valence-electron chi connectivity index (χ1n) is 14.4.